The molecule has 1 heterocycles. The quantitative estimate of drug-likeness (QED) is 0.273. The molecule has 4 rings (SSSR count). The van der Waals surface area contributed by atoms with Gasteiger partial charge in [-0.1, -0.05) is 54.8 Å². The summed E-state index contributed by atoms with van der Waals surface area (Å²) in [5, 5.41) is 18.0. The van der Waals surface area contributed by atoms with Crippen molar-refractivity contribution < 1.29 is 19.5 Å². The normalized spacial score (nSPS) is 13.1. The molecule has 2 aromatic carbocycles. The van der Waals surface area contributed by atoms with E-state index in [2.05, 4.69) is 25.9 Å². The van der Waals surface area contributed by atoms with Gasteiger partial charge in [0.15, 0.2) is 0 Å². The van der Waals surface area contributed by atoms with E-state index >= 15 is 0 Å². The second-order valence-electron chi connectivity index (χ2n) is 9.53. The number of carboxylic acids is 1. The first-order valence-corrected chi connectivity index (χ1v) is 13.1. The number of likely N-dealkylation sites (N-methyl/N-ethyl adjacent to an activating group) is 1. The number of hydrogen-bond acceptors (Lipinski definition) is 6. The van der Waals surface area contributed by atoms with Crippen LogP contribution in [0.2, 0.25) is 5.15 Å². The first-order chi connectivity index (χ1) is 18.8. The minimum atomic E-state index is -1.07. The highest BCUT2D eigenvalue weighted by Crippen LogP contribution is 2.26. The van der Waals surface area contributed by atoms with E-state index in [0.29, 0.717) is 29.4 Å². The third-order valence-electron chi connectivity index (χ3n) is 6.38. The van der Waals surface area contributed by atoms with E-state index in [4.69, 9.17) is 11.6 Å². The number of carbonyl (C=O) groups is 3. The van der Waals surface area contributed by atoms with E-state index in [1.165, 1.54) is 0 Å². The Morgan fingerprint density at radius 1 is 0.974 bits per heavy atom. The molecule has 1 aliphatic rings. The zero-order valence-electron chi connectivity index (χ0n) is 21.6. The van der Waals surface area contributed by atoms with Gasteiger partial charge in [-0.2, -0.15) is 0 Å². The highest BCUT2D eigenvalue weighted by molar-refractivity contribution is 6.30. The summed E-state index contributed by atoms with van der Waals surface area (Å²) >= 11 is 6.42. The molecule has 0 radical (unpaired) electrons. The summed E-state index contributed by atoms with van der Waals surface area (Å²) in [7, 11) is 1.68. The molecule has 39 heavy (non-hydrogen) atoms. The Morgan fingerprint density at radius 2 is 1.62 bits per heavy atom. The standard InChI is InChI=1S/C28H31ClN6O4/c1-35(17-24(36)30-19-9-5-6-10-19)27-22(16-25(37)38)26(29)33-23(34-27)15-18-11-13-21(14-12-18)32-28(39)31-20-7-3-2-4-8-20/h2-4,7-8,11-14,19H,5-6,9-10,15-17H2,1H3,(H,30,36)(H,37,38)(H2,31,32,39). The maximum atomic E-state index is 12.6. The van der Waals surface area contributed by atoms with Crippen molar-refractivity contribution in [2.75, 3.05) is 29.1 Å². The Labute approximate surface area is 231 Å². The zero-order chi connectivity index (χ0) is 27.8. The van der Waals surface area contributed by atoms with E-state index in [9.17, 15) is 19.5 Å². The molecular formula is C28H31ClN6O4. The second kappa shape index (κ2) is 13.1. The second-order valence-corrected chi connectivity index (χ2v) is 9.89. The molecule has 204 valence electrons. The summed E-state index contributed by atoms with van der Waals surface area (Å²) in [6, 6.07) is 16.1. The number of benzene rings is 2. The van der Waals surface area contributed by atoms with Crippen molar-refractivity contribution in [1.82, 2.24) is 15.3 Å². The summed E-state index contributed by atoms with van der Waals surface area (Å²) in [6.45, 7) is 0.0152. The number of amides is 3. The Balaban J connectivity index is 1.44. The van der Waals surface area contributed by atoms with E-state index in [1.807, 2.05) is 30.3 Å². The van der Waals surface area contributed by atoms with Crippen molar-refractivity contribution in [2.24, 2.45) is 0 Å². The summed E-state index contributed by atoms with van der Waals surface area (Å²) in [6.07, 6.45) is 4.09. The van der Waals surface area contributed by atoms with E-state index in [1.54, 1.807) is 36.2 Å². The Hall–Kier alpha value is -4.18. The number of aromatic nitrogens is 2. The fraction of sp³-hybridized carbons (Fsp3) is 0.321. The van der Waals surface area contributed by atoms with Crippen LogP contribution in [0.4, 0.5) is 22.0 Å². The number of nitrogens with one attached hydrogen (secondary N) is 3. The molecule has 3 amide bonds. The molecule has 1 aromatic heterocycles. The average Bonchev–Trinajstić information content (AvgIpc) is 3.40. The molecule has 0 unspecified atom stereocenters. The summed E-state index contributed by atoms with van der Waals surface area (Å²) in [5.41, 5.74) is 2.41. The van der Waals surface area contributed by atoms with Crippen LogP contribution in [0.15, 0.2) is 54.6 Å². The fourth-order valence-corrected chi connectivity index (χ4v) is 4.77. The lowest BCUT2D eigenvalue weighted by Crippen LogP contribution is -2.40. The number of anilines is 3. The van der Waals surface area contributed by atoms with Gasteiger partial charge in [0, 0.05) is 36.4 Å². The lowest BCUT2D eigenvalue weighted by Gasteiger charge is -2.22. The molecule has 0 spiro atoms. The number of carbonyl (C=O) groups excluding carboxylic acids is 2. The smallest absolute Gasteiger partial charge is 0.323 e. The number of aliphatic carboxylic acids is 1. The van der Waals surface area contributed by atoms with Crippen molar-refractivity contribution in [2.45, 2.75) is 44.6 Å². The number of rotatable bonds is 10. The highest BCUT2D eigenvalue weighted by atomic mass is 35.5. The largest absolute Gasteiger partial charge is 0.481 e. The number of hydrogen-bond donors (Lipinski definition) is 4. The third-order valence-corrected chi connectivity index (χ3v) is 6.69. The van der Waals surface area contributed by atoms with Gasteiger partial charge in [0.05, 0.1) is 13.0 Å². The molecule has 1 saturated carbocycles. The number of urea groups is 1. The predicted molar refractivity (Wildman–Crippen MR) is 150 cm³/mol. The average molecular weight is 551 g/mol. The molecule has 10 nitrogen and oxygen atoms in total. The van der Waals surface area contributed by atoms with E-state index in [0.717, 1.165) is 31.2 Å². The highest BCUT2D eigenvalue weighted by Gasteiger charge is 2.22. The van der Waals surface area contributed by atoms with Gasteiger partial charge < -0.3 is 26.0 Å². The minimum absolute atomic E-state index is 0.0152. The van der Waals surface area contributed by atoms with Gasteiger partial charge >= 0.3 is 12.0 Å². The van der Waals surface area contributed by atoms with Gasteiger partial charge in [-0.3, -0.25) is 9.59 Å². The number of para-hydroxylation sites is 1. The van der Waals surface area contributed by atoms with Crippen LogP contribution in [0.1, 0.15) is 42.6 Å². The Morgan fingerprint density at radius 3 is 2.26 bits per heavy atom. The molecule has 0 saturated heterocycles. The molecule has 0 bridgehead atoms. The zero-order valence-corrected chi connectivity index (χ0v) is 22.4. The Bertz CT molecular complexity index is 1310. The summed E-state index contributed by atoms with van der Waals surface area (Å²) < 4.78 is 0. The number of halogens is 1. The fourth-order valence-electron chi connectivity index (χ4n) is 4.52. The minimum Gasteiger partial charge on any atom is -0.481 e. The third kappa shape index (κ3) is 8.15. The van der Waals surface area contributed by atoms with Crippen LogP contribution in [0.5, 0.6) is 0 Å². The van der Waals surface area contributed by atoms with Crippen LogP contribution in [0.3, 0.4) is 0 Å². The molecule has 3 aromatic rings. The summed E-state index contributed by atoms with van der Waals surface area (Å²) in [5.74, 6) is -0.529. The van der Waals surface area contributed by atoms with Gasteiger partial charge in [0.2, 0.25) is 5.91 Å². The van der Waals surface area contributed by atoms with Gasteiger partial charge in [-0.25, -0.2) is 14.8 Å². The van der Waals surface area contributed by atoms with Crippen LogP contribution in [-0.4, -0.2) is 52.6 Å². The maximum Gasteiger partial charge on any atom is 0.323 e. The number of nitrogens with zero attached hydrogens (tertiary/aromatic N) is 3. The number of carboxylic acid groups (broad SMARTS) is 1. The first-order valence-electron chi connectivity index (χ1n) is 12.8. The van der Waals surface area contributed by atoms with Crippen molar-refractivity contribution in [3.63, 3.8) is 0 Å². The van der Waals surface area contributed by atoms with Crippen LogP contribution >= 0.6 is 11.6 Å². The van der Waals surface area contributed by atoms with Crippen molar-refractivity contribution in [3.8, 4) is 0 Å². The summed E-state index contributed by atoms with van der Waals surface area (Å²) in [4.78, 5) is 46.9. The van der Waals surface area contributed by atoms with Gasteiger partial charge in [0.25, 0.3) is 0 Å². The topological polar surface area (TPSA) is 137 Å². The van der Waals surface area contributed by atoms with Crippen LogP contribution in [0, 0.1) is 0 Å². The lowest BCUT2D eigenvalue weighted by atomic mass is 10.1. The van der Waals surface area contributed by atoms with Gasteiger partial charge in [0.1, 0.15) is 16.8 Å². The van der Waals surface area contributed by atoms with Crippen molar-refractivity contribution >= 4 is 46.7 Å². The molecule has 1 fully saturated rings. The molecule has 1 aliphatic carbocycles. The monoisotopic (exact) mass is 550 g/mol. The van der Waals surface area contributed by atoms with Gasteiger partial charge in [-0.15, -0.1) is 0 Å². The molecular weight excluding hydrogens is 520 g/mol. The molecule has 0 atom stereocenters. The van der Waals surface area contributed by atoms with Crippen LogP contribution < -0.4 is 20.9 Å². The van der Waals surface area contributed by atoms with Crippen molar-refractivity contribution in [1.29, 1.82) is 0 Å². The molecule has 0 aliphatic heterocycles. The van der Waals surface area contributed by atoms with Gasteiger partial charge in [-0.05, 0) is 42.7 Å². The molecule has 11 heteroatoms. The van der Waals surface area contributed by atoms with E-state index < -0.39 is 5.97 Å². The first kappa shape index (κ1) is 27.8. The van der Waals surface area contributed by atoms with Crippen LogP contribution in [0.25, 0.3) is 0 Å². The lowest BCUT2D eigenvalue weighted by molar-refractivity contribution is -0.136. The predicted octanol–water partition coefficient (Wildman–Crippen LogP) is 4.49. The Kier molecular flexibility index (Phi) is 9.32. The van der Waals surface area contributed by atoms with Crippen LogP contribution in [-0.2, 0) is 22.4 Å². The SMILES string of the molecule is CN(CC(=O)NC1CCCC1)c1nc(Cc2ccc(NC(=O)Nc3ccccc3)cc2)nc(Cl)c1CC(=O)O. The maximum absolute atomic E-state index is 12.6. The van der Waals surface area contributed by atoms with E-state index in [-0.39, 0.29) is 41.7 Å². The van der Waals surface area contributed by atoms with Crippen molar-refractivity contribution in [3.05, 3.63) is 76.7 Å². The molecule has 4 N–H and O–H groups in total.